The average Bonchev–Trinajstić information content (AvgIpc) is 2.17. The predicted octanol–water partition coefficient (Wildman–Crippen LogP) is 3.18. The molecule has 2 atom stereocenters. The smallest absolute Gasteiger partial charge is 0.0496 e. The van der Waals surface area contributed by atoms with E-state index in [1.54, 1.807) is 0 Å². The van der Waals surface area contributed by atoms with Crippen LogP contribution >= 0.6 is 15.9 Å². The number of hydrogen-bond acceptors (Lipinski definition) is 2. The van der Waals surface area contributed by atoms with Crippen LogP contribution in [0.4, 0.5) is 0 Å². The van der Waals surface area contributed by atoms with Crippen LogP contribution in [0.25, 0.3) is 0 Å². The van der Waals surface area contributed by atoms with Gasteiger partial charge in [-0.2, -0.15) is 0 Å². The van der Waals surface area contributed by atoms with Gasteiger partial charge in [0.25, 0.3) is 0 Å². The highest BCUT2D eigenvalue weighted by Gasteiger charge is 2.22. The fourth-order valence-corrected chi connectivity index (χ4v) is 2.34. The molecule has 0 aromatic heterocycles. The summed E-state index contributed by atoms with van der Waals surface area (Å²) in [6.45, 7) is 6.44. The zero-order valence-electron chi connectivity index (χ0n) is 10.4. The van der Waals surface area contributed by atoms with E-state index < -0.39 is 0 Å². The topological polar surface area (TPSA) is 29.3 Å². The van der Waals surface area contributed by atoms with E-state index in [1.165, 1.54) is 5.56 Å². The Morgan fingerprint density at radius 1 is 1.25 bits per heavy atom. The summed E-state index contributed by atoms with van der Waals surface area (Å²) < 4.78 is 1.10. The highest BCUT2D eigenvalue weighted by Crippen LogP contribution is 2.26. The summed E-state index contributed by atoms with van der Waals surface area (Å²) in [5, 5.41) is 0. The molecule has 1 aromatic rings. The molecule has 2 N–H and O–H groups in total. The standard InChI is InChI=1S/C13H21BrN2/c1-9(2)16(4)13(10(3)15)11-6-5-7-12(14)8-11/h5-10,13H,15H2,1-4H3. The summed E-state index contributed by atoms with van der Waals surface area (Å²) >= 11 is 3.51. The second-order valence-electron chi connectivity index (χ2n) is 4.62. The summed E-state index contributed by atoms with van der Waals surface area (Å²) in [6.07, 6.45) is 0. The van der Waals surface area contributed by atoms with Crippen LogP contribution in [0, 0.1) is 0 Å². The molecule has 1 rings (SSSR count). The lowest BCUT2D eigenvalue weighted by Gasteiger charge is -2.34. The minimum absolute atomic E-state index is 0.113. The van der Waals surface area contributed by atoms with Gasteiger partial charge in [-0.1, -0.05) is 28.1 Å². The van der Waals surface area contributed by atoms with Gasteiger partial charge in [0.05, 0.1) is 0 Å². The number of benzene rings is 1. The van der Waals surface area contributed by atoms with Gasteiger partial charge < -0.3 is 5.73 Å². The zero-order valence-corrected chi connectivity index (χ0v) is 12.0. The maximum atomic E-state index is 6.10. The van der Waals surface area contributed by atoms with Gasteiger partial charge in [0, 0.05) is 22.6 Å². The lowest BCUT2D eigenvalue weighted by molar-refractivity contribution is 0.175. The number of nitrogens with two attached hydrogens (primary N) is 1. The second-order valence-corrected chi connectivity index (χ2v) is 5.53. The van der Waals surface area contributed by atoms with E-state index in [4.69, 9.17) is 5.73 Å². The summed E-state index contributed by atoms with van der Waals surface area (Å²) in [6, 6.07) is 9.24. The molecule has 16 heavy (non-hydrogen) atoms. The lowest BCUT2D eigenvalue weighted by atomic mass is 9.98. The van der Waals surface area contributed by atoms with E-state index in [0.717, 1.165) is 4.47 Å². The van der Waals surface area contributed by atoms with Crippen LogP contribution in [0.15, 0.2) is 28.7 Å². The first-order chi connectivity index (χ1) is 7.43. The second kappa shape index (κ2) is 5.80. The monoisotopic (exact) mass is 284 g/mol. The highest BCUT2D eigenvalue weighted by atomic mass is 79.9. The normalized spacial score (nSPS) is 15.5. The largest absolute Gasteiger partial charge is 0.326 e. The summed E-state index contributed by atoms with van der Waals surface area (Å²) in [7, 11) is 2.12. The minimum Gasteiger partial charge on any atom is -0.326 e. The van der Waals surface area contributed by atoms with Crippen molar-refractivity contribution in [3.63, 3.8) is 0 Å². The lowest BCUT2D eigenvalue weighted by Crippen LogP contribution is -2.40. The van der Waals surface area contributed by atoms with Crippen molar-refractivity contribution < 1.29 is 0 Å². The third-order valence-electron chi connectivity index (χ3n) is 2.94. The van der Waals surface area contributed by atoms with Gasteiger partial charge in [0.1, 0.15) is 0 Å². The Labute approximate surface area is 107 Å². The van der Waals surface area contributed by atoms with Crippen molar-refractivity contribution in [2.75, 3.05) is 7.05 Å². The maximum Gasteiger partial charge on any atom is 0.0496 e. The molecule has 0 aliphatic heterocycles. The van der Waals surface area contributed by atoms with Crippen molar-refractivity contribution >= 4 is 15.9 Å². The molecule has 0 fully saturated rings. The van der Waals surface area contributed by atoms with Crippen LogP contribution < -0.4 is 5.73 Å². The van der Waals surface area contributed by atoms with Crippen LogP contribution in [0.5, 0.6) is 0 Å². The van der Waals surface area contributed by atoms with Crippen molar-refractivity contribution in [2.45, 2.75) is 38.9 Å². The number of likely N-dealkylation sites (N-methyl/N-ethyl adjacent to an activating group) is 1. The zero-order chi connectivity index (χ0) is 12.3. The molecule has 2 unspecified atom stereocenters. The van der Waals surface area contributed by atoms with E-state index in [-0.39, 0.29) is 12.1 Å². The van der Waals surface area contributed by atoms with E-state index in [9.17, 15) is 0 Å². The summed E-state index contributed by atoms with van der Waals surface area (Å²) in [4.78, 5) is 2.31. The first-order valence-electron chi connectivity index (χ1n) is 5.66. The number of hydrogen-bond donors (Lipinski definition) is 1. The van der Waals surface area contributed by atoms with Crippen molar-refractivity contribution in [1.82, 2.24) is 4.90 Å². The van der Waals surface area contributed by atoms with Crippen molar-refractivity contribution in [2.24, 2.45) is 5.73 Å². The molecule has 0 bridgehead atoms. The first-order valence-corrected chi connectivity index (χ1v) is 6.45. The fraction of sp³-hybridized carbons (Fsp3) is 0.538. The molecule has 0 amide bonds. The van der Waals surface area contributed by atoms with Crippen LogP contribution in [0.2, 0.25) is 0 Å². The quantitative estimate of drug-likeness (QED) is 0.920. The number of rotatable bonds is 4. The van der Waals surface area contributed by atoms with Crippen molar-refractivity contribution in [3.05, 3.63) is 34.3 Å². The van der Waals surface area contributed by atoms with Gasteiger partial charge >= 0.3 is 0 Å². The third kappa shape index (κ3) is 3.30. The molecule has 0 heterocycles. The molecule has 0 radical (unpaired) electrons. The summed E-state index contributed by atoms with van der Waals surface area (Å²) in [5.41, 5.74) is 7.36. The van der Waals surface area contributed by atoms with Crippen LogP contribution in [-0.2, 0) is 0 Å². The highest BCUT2D eigenvalue weighted by molar-refractivity contribution is 9.10. The Hall–Kier alpha value is -0.380. The summed E-state index contributed by atoms with van der Waals surface area (Å²) in [5.74, 6) is 0. The fourth-order valence-electron chi connectivity index (χ4n) is 1.92. The van der Waals surface area contributed by atoms with Crippen molar-refractivity contribution in [1.29, 1.82) is 0 Å². The molecule has 0 saturated carbocycles. The Bertz CT molecular complexity index is 336. The van der Waals surface area contributed by atoms with Crippen LogP contribution in [0.1, 0.15) is 32.4 Å². The molecular weight excluding hydrogens is 264 g/mol. The van der Waals surface area contributed by atoms with Gasteiger partial charge in [0.2, 0.25) is 0 Å². The first kappa shape index (κ1) is 13.7. The molecule has 2 nitrogen and oxygen atoms in total. The van der Waals surface area contributed by atoms with Crippen molar-refractivity contribution in [3.8, 4) is 0 Å². The van der Waals surface area contributed by atoms with Gasteiger partial charge in [0.15, 0.2) is 0 Å². The van der Waals surface area contributed by atoms with Gasteiger partial charge in [-0.3, -0.25) is 4.90 Å². The molecule has 1 aromatic carbocycles. The molecule has 90 valence electrons. The average molecular weight is 285 g/mol. The Morgan fingerprint density at radius 3 is 2.31 bits per heavy atom. The molecule has 3 heteroatoms. The predicted molar refractivity (Wildman–Crippen MR) is 73.4 cm³/mol. The Balaban J connectivity index is 3.03. The van der Waals surface area contributed by atoms with Gasteiger partial charge in [-0.15, -0.1) is 0 Å². The van der Waals surface area contributed by atoms with Gasteiger partial charge in [-0.05, 0) is 45.5 Å². The molecule has 0 spiro atoms. The van der Waals surface area contributed by atoms with E-state index in [2.05, 4.69) is 66.8 Å². The third-order valence-corrected chi connectivity index (χ3v) is 3.43. The van der Waals surface area contributed by atoms with Gasteiger partial charge in [-0.25, -0.2) is 0 Å². The molecule has 0 aliphatic rings. The van der Waals surface area contributed by atoms with E-state index in [0.29, 0.717) is 6.04 Å². The molecular formula is C13H21BrN2. The van der Waals surface area contributed by atoms with E-state index >= 15 is 0 Å². The van der Waals surface area contributed by atoms with Crippen LogP contribution in [0.3, 0.4) is 0 Å². The van der Waals surface area contributed by atoms with E-state index in [1.807, 2.05) is 6.07 Å². The minimum atomic E-state index is 0.113. The molecule has 0 saturated heterocycles. The SMILES string of the molecule is CC(N)C(c1cccc(Br)c1)N(C)C(C)C. The maximum absolute atomic E-state index is 6.10. The number of halogens is 1. The van der Waals surface area contributed by atoms with Crippen LogP contribution in [-0.4, -0.2) is 24.0 Å². The number of nitrogens with zero attached hydrogens (tertiary/aromatic N) is 1. The molecule has 0 aliphatic carbocycles. The Kier molecular flexibility index (Phi) is 4.96. The Morgan fingerprint density at radius 2 is 1.88 bits per heavy atom.